The molecule has 0 radical (unpaired) electrons. The first-order chi connectivity index (χ1) is 12.0. The summed E-state index contributed by atoms with van der Waals surface area (Å²) >= 11 is 2.64. The van der Waals surface area contributed by atoms with Crippen molar-refractivity contribution < 1.29 is 9.21 Å². The van der Waals surface area contributed by atoms with Gasteiger partial charge in [-0.3, -0.25) is 10.1 Å². The zero-order chi connectivity index (χ0) is 17.6. The van der Waals surface area contributed by atoms with E-state index in [0.717, 1.165) is 4.88 Å². The summed E-state index contributed by atoms with van der Waals surface area (Å²) in [6.45, 7) is 3.77. The van der Waals surface area contributed by atoms with Crippen molar-refractivity contribution in [3.05, 3.63) is 40.0 Å². The maximum atomic E-state index is 12.6. The Morgan fingerprint density at radius 2 is 2.12 bits per heavy atom. The number of nitrogen functional groups attached to an aromatic ring is 1. The summed E-state index contributed by atoms with van der Waals surface area (Å²) in [5, 5.41) is 4.01. The summed E-state index contributed by atoms with van der Waals surface area (Å²) in [5.74, 6) is 0.744. The van der Waals surface area contributed by atoms with Crippen LogP contribution in [0, 0.1) is 13.8 Å². The molecular formula is C16H13N5O2S2. The van der Waals surface area contributed by atoms with E-state index in [4.69, 9.17) is 10.2 Å². The number of carbonyl (C=O) groups excluding carboxylic acids is 1. The van der Waals surface area contributed by atoms with Gasteiger partial charge in [0.15, 0.2) is 16.7 Å². The van der Waals surface area contributed by atoms with E-state index in [0.29, 0.717) is 43.2 Å². The monoisotopic (exact) mass is 371 g/mol. The van der Waals surface area contributed by atoms with E-state index in [1.54, 1.807) is 24.6 Å². The third kappa shape index (κ3) is 2.77. The molecule has 0 atom stereocenters. The molecule has 4 heterocycles. The summed E-state index contributed by atoms with van der Waals surface area (Å²) in [6.07, 6.45) is 3.27. The van der Waals surface area contributed by atoms with Crippen molar-refractivity contribution in [3.63, 3.8) is 0 Å². The van der Waals surface area contributed by atoms with Crippen LogP contribution in [0.2, 0.25) is 0 Å². The zero-order valence-electron chi connectivity index (χ0n) is 13.4. The summed E-state index contributed by atoms with van der Waals surface area (Å²) < 4.78 is 5.35. The van der Waals surface area contributed by atoms with Crippen molar-refractivity contribution in [2.24, 2.45) is 0 Å². The number of rotatable bonds is 3. The zero-order valence-corrected chi connectivity index (χ0v) is 15.0. The molecule has 0 aliphatic heterocycles. The Kier molecular flexibility index (Phi) is 3.74. The average Bonchev–Trinajstić information content (AvgIpc) is 3.28. The van der Waals surface area contributed by atoms with Gasteiger partial charge in [0.2, 0.25) is 0 Å². The van der Waals surface area contributed by atoms with E-state index in [1.165, 1.54) is 22.7 Å². The summed E-state index contributed by atoms with van der Waals surface area (Å²) in [7, 11) is 0. The van der Waals surface area contributed by atoms with Crippen LogP contribution in [0.1, 0.15) is 20.2 Å². The SMILES string of the molecule is Cc1cnc(NC(=O)c2sc3nc(-c4ccco4)nc(C)c3c2N)s1. The molecule has 4 aromatic heterocycles. The standard InChI is InChI=1S/C16H13N5O2S2/c1-7-6-18-16(24-7)21-14(22)12-11(17)10-8(2)19-13(20-15(10)25-12)9-4-3-5-23-9/h3-6H,17H2,1-2H3,(H,18,21,22). The van der Waals surface area contributed by atoms with Gasteiger partial charge < -0.3 is 10.2 Å². The van der Waals surface area contributed by atoms with Crippen LogP contribution in [0.25, 0.3) is 21.8 Å². The van der Waals surface area contributed by atoms with Crippen LogP contribution in [-0.4, -0.2) is 20.9 Å². The predicted molar refractivity (Wildman–Crippen MR) is 99.1 cm³/mol. The van der Waals surface area contributed by atoms with Crippen LogP contribution in [-0.2, 0) is 0 Å². The van der Waals surface area contributed by atoms with Crippen molar-refractivity contribution in [2.45, 2.75) is 13.8 Å². The molecule has 7 nitrogen and oxygen atoms in total. The molecule has 0 aliphatic rings. The van der Waals surface area contributed by atoms with Crippen LogP contribution in [0.3, 0.4) is 0 Å². The lowest BCUT2D eigenvalue weighted by atomic mass is 10.2. The molecule has 25 heavy (non-hydrogen) atoms. The number of carbonyl (C=O) groups is 1. The second kappa shape index (κ2) is 5.94. The number of nitrogens with two attached hydrogens (primary N) is 1. The van der Waals surface area contributed by atoms with E-state index in [-0.39, 0.29) is 5.91 Å². The largest absolute Gasteiger partial charge is 0.461 e. The van der Waals surface area contributed by atoms with Crippen molar-refractivity contribution >= 4 is 49.6 Å². The minimum Gasteiger partial charge on any atom is -0.461 e. The number of nitrogens with zero attached hydrogens (tertiary/aromatic N) is 3. The van der Waals surface area contributed by atoms with E-state index in [2.05, 4.69) is 20.3 Å². The maximum absolute atomic E-state index is 12.6. The van der Waals surface area contributed by atoms with Crippen LogP contribution >= 0.6 is 22.7 Å². The van der Waals surface area contributed by atoms with Gasteiger partial charge in [-0.05, 0) is 26.0 Å². The number of fused-ring (bicyclic) bond motifs is 1. The summed E-state index contributed by atoms with van der Waals surface area (Å²) in [6, 6.07) is 3.56. The Morgan fingerprint density at radius 1 is 1.28 bits per heavy atom. The molecule has 4 rings (SSSR count). The Balaban J connectivity index is 1.76. The van der Waals surface area contributed by atoms with Crippen molar-refractivity contribution in [2.75, 3.05) is 11.1 Å². The highest BCUT2D eigenvalue weighted by molar-refractivity contribution is 7.21. The molecule has 4 aromatic rings. The molecular weight excluding hydrogens is 358 g/mol. The highest BCUT2D eigenvalue weighted by Crippen LogP contribution is 2.36. The number of furan rings is 1. The number of amides is 1. The third-order valence-corrected chi connectivity index (χ3v) is 5.49. The summed E-state index contributed by atoms with van der Waals surface area (Å²) in [5.41, 5.74) is 7.28. The van der Waals surface area contributed by atoms with Crippen molar-refractivity contribution in [1.29, 1.82) is 0 Å². The lowest BCUT2D eigenvalue weighted by Crippen LogP contribution is -2.11. The first-order valence-electron chi connectivity index (χ1n) is 7.37. The molecule has 1 amide bonds. The van der Waals surface area contributed by atoms with Gasteiger partial charge in [0.1, 0.15) is 9.71 Å². The Labute approximate surface area is 150 Å². The number of hydrogen-bond donors (Lipinski definition) is 2. The molecule has 0 aliphatic carbocycles. The van der Waals surface area contributed by atoms with Crippen LogP contribution in [0.4, 0.5) is 10.8 Å². The van der Waals surface area contributed by atoms with Crippen LogP contribution in [0.15, 0.2) is 29.0 Å². The number of nitrogens with one attached hydrogen (secondary N) is 1. The molecule has 0 saturated heterocycles. The molecule has 9 heteroatoms. The molecule has 0 fully saturated rings. The van der Waals surface area contributed by atoms with Crippen molar-refractivity contribution in [3.8, 4) is 11.6 Å². The Hall–Kier alpha value is -2.78. The first kappa shape index (κ1) is 15.7. The van der Waals surface area contributed by atoms with Gasteiger partial charge in [0.05, 0.1) is 23.0 Å². The fraction of sp³-hybridized carbons (Fsp3) is 0.125. The average molecular weight is 371 g/mol. The highest BCUT2D eigenvalue weighted by Gasteiger charge is 2.21. The van der Waals surface area contributed by atoms with Crippen LogP contribution in [0.5, 0.6) is 0 Å². The maximum Gasteiger partial charge on any atom is 0.269 e. The van der Waals surface area contributed by atoms with Gasteiger partial charge >= 0.3 is 0 Å². The second-order valence-electron chi connectivity index (χ2n) is 5.37. The van der Waals surface area contributed by atoms with Gasteiger partial charge in [-0.25, -0.2) is 15.0 Å². The van der Waals surface area contributed by atoms with E-state index in [9.17, 15) is 4.79 Å². The quantitative estimate of drug-likeness (QED) is 0.566. The number of thiophene rings is 1. The third-order valence-electron chi connectivity index (χ3n) is 3.56. The van der Waals surface area contributed by atoms with E-state index < -0.39 is 0 Å². The van der Waals surface area contributed by atoms with Gasteiger partial charge in [-0.1, -0.05) is 0 Å². The van der Waals surface area contributed by atoms with Gasteiger partial charge in [0, 0.05) is 11.1 Å². The number of hydrogen-bond acceptors (Lipinski definition) is 8. The fourth-order valence-corrected chi connectivity index (χ4v) is 4.15. The summed E-state index contributed by atoms with van der Waals surface area (Å²) in [4.78, 5) is 27.7. The predicted octanol–water partition coefficient (Wildman–Crippen LogP) is 3.86. The molecule has 3 N–H and O–H groups in total. The minimum absolute atomic E-state index is 0.297. The van der Waals surface area contributed by atoms with Crippen molar-refractivity contribution in [1.82, 2.24) is 15.0 Å². The Morgan fingerprint density at radius 3 is 2.80 bits per heavy atom. The molecule has 0 bridgehead atoms. The fourth-order valence-electron chi connectivity index (χ4n) is 2.45. The number of aromatic nitrogens is 3. The number of aryl methyl sites for hydroxylation is 2. The van der Waals surface area contributed by atoms with Gasteiger partial charge in [-0.2, -0.15) is 0 Å². The lowest BCUT2D eigenvalue weighted by molar-refractivity contribution is 0.103. The van der Waals surface area contributed by atoms with E-state index >= 15 is 0 Å². The molecule has 126 valence electrons. The van der Waals surface area contributed by atoms with E-state index in [1.807, 2.05) is 13.8 Å². The second-order valence-corrected chi connectivity index (χ2v) is 7.60. The number of anilines is 2. The first-order valence-corrected chi connectivity index (χ1v) is 9.00. The van der Waals surface area contributed by atoms with Crippen LogP contribution < -0.4 is 11.1 Å². The smallest absolute Gasteiger partial charge is 0.269 e. The molecule has 0 unspecified atom stereocenters. The normalized spacial score (nSPS) is 11.1. The highest BCUT2D eigenvalue weighted by atomic mass is 32.1. The number of thiazole rings is 1. The minimum atomic E-state index is -0.297. The van der Waals surface area contributed by atoms with Gasteiger partial charge in [0.25, 0.3) is 5.91 Å². The topological polar surface area (TPSA) is 107 Å². The Bertz CT molecular complexity index is 1080. The van der Waals surface area contributed by atoms with Gasteiger partial charge in [-0.15, -0.1) is 22.7 Å². The molecule has 0 aromatic carbocycles. The lowest BCUT2D eigenvalue weighted by Gasteiger charge is -2.01. The molecule has 0 spiro atoms. The molecule has 0 saturated carbocycles.